The summed E-state index contributed by atoms with van der Waals surface area (Å²) in [6.45, 7) is 8.15. The van der Waals surface area contributed by atoms with Gasteiger partial charge in [0.2, 0.25) is 0 Å². The predicted molar refractivity (Wildman–Crippen MR) is 89.4 cm³/mol. The number of aryl methyl sites for hydroxylation is 1. The molecule has 0 aliphatic carbocycles. The SMILES string of the molecule is COc1ccc(OCC(=O)n2nc(C)c(CC(C)C)c2C)cc1. The first-order chi connectivity index (χ1) is 10.9. The van der Waals surface area contributed by atoms with E-state index in [1.807, 2.05) is 13.8 Å². The molecule has 2 rings (SSSR count). The summed E-state index contributed by atoms with van der Waals surface area (Å²) in [6, 6.07) is 7.14. The van der Waals surface area contributed by atoms with Crippen molar-refractivity contribution in [2.75, 3.05) is 13.7 Å². The van der Waals surface area contributed by atoms with Crippen LogP contribution in [0.2, 0.25) is 0 Å². The number of carbonyl (C=O) groups excluding carboxylic acids is 1. The maximum Gasteiger partial charge on any atom is 0.284 e. The van der Waals surface area contributed by atoms with Crippen molar-refractivity contribution in [2.24, 2.45) is 5.92 Å². The second-order valence-electron chi connectivity index (χ2n) is 6.02. The minimum Gasteiger partial charge on any atom is -0.497 e. The van der Waals surface area contributed by atoms with Crippen molar-refractivity contribution in [3.8, 4) is 11.5 Å². The molecule has 0 radical (unpaired) electrons. The molecule has 1 aromatic heterocycles. The molecule has 0 saturated carbocycles. The van der Waals surface area contributed by atoms with Crippen LogP contribution in [-0.4, -0.2) is 29.4 Å². The summed E-state index contributed by atoms with van der Waals surface area (Å²) >= 11 is 0. The lowest BCUT2D eigenvalue weighted by Gasteiger charge is -2.08. The van der Waals surface area contributed by atoms with Gasteiger partial charge in [-0.05, 0) is 56.0 Å². The lowest BCUT2D eigenvalue weighted by atomic mass is 10.0. The highest BCUT2D eigenvalue weighted by Crippen LogP contribution is 2.19. The lowest BCUT2D eigenvalue weighted by molar-refractivity contribution is 0.0818. The highest BCUT2D eigenvalue weighted by molar-refractivity contribution is 5.80. The summed E-state index contributed by atoms with van der Waals surface area (Å²) in [5, 5.41) is 4.37. The van der Waals surface area contributed by atoms with Gasteiger partial charge in [-0.2, -0.15) is 5.10 Å². The maximum atomic E-state index is 12.4. The van der Waals surface area contributed by atoms with Crippen LogP contribution in [0.5, 0.6) is 11.5 Å². The number of aromatic nitrogens is 2. The molecule has 0 N–H and O–H groups in total. The normalized spacial score (nSPS) is 10.9. The Balaban J connectivity index is 2.05. The van der Waals surface area contributed by atoms with Crippen molar-refractivity contribution in [1.82, 2.24) is 9.78 Å². The third-order valence-corrected chi connectivity index (χ3v) is 3.71. The number of carbonyl (C=O) groups is 1. The van der Waals surface area contributed by atoms with E-state index in [4.69, 9.17) is 9.47 Å². The zero-order chi connectivity index (χ0) is 17.0. The van der Waals surface area contributed by atoms with E-state index in [1.54, 1.807) is 31.4 Å². The molecule has 5 nitrogen and oxygen atoms in total. The molecule has 5 heteroatoms. The van der Waals surface area contributed by atoms with Gasteiger partial charge in [0.1, 0.15) is 11.5 Å². The summed E-state index contributed by atoms with van der Waals surface area (Å²) in [5.74, 6) is 1.73. The Morgan fingerprint density at radius 1 is 1.17 bits per heavy atom. The average molecular weight is 316 g/mol. The molecule has 0 amide bonds. The van der Waals surface area contributed by atoms with Crippen molar-refractivity contribution in [1.29, 1.82) is 0 Å². The van der Waals surface area contributed by atoms with E-state index in [1.165, 1.54) is 4.68 Å². The number of benzene rings is 1. The van der Waals surface area contributed by atoms with Gasteiger partial charge in [-0.3, -0.25) is 4.79 Å². The minimum atomic E-state index is -0.170. The van der Waals surface area contributed by atoms with Gasteiger partial charge < -0.3 is 9.47 Å². The minimum absolute atomic E-state index is 0.0462. The van der Waals surface area contributed by atoms with Gasteiger partial charge >= 0.3 is 0 Å². The monoisotopic (exact) mass is 316 g/mol. The molecule has 1 aromatic carbocycles. The molecule has 0 fully saturated rings. The fourth-order valence-corrected chi connectivity index (χ4v) is 2.50. The summed E-state index contributed by atoms with van der Waals surface area (Å²) in [7, 11) is 1.61. The Hall–Kier alpha value is -2.30. The van der Waals surface area contributed by atoms with E-state index in [0.29, 0.717) is 11.7 Å². The van der Waals surface area contributed by atoms with E-state index in [-0.39, 0.29) is 12.5 Å². The fourth-order valence-electron chi connectivity index (χ4n) is 2.50. The number of rotatable bonds is 6. The summed E-state index contributed by atoms with van der Waals surface area (Å²) in [5.41, 5.74) is 2.96. The van der Waals surface area contributed by atoms with Crippen LogP contribution in [0, 0.1) is 19.8 Å². The Kier molecular flexibility index (Phi) is 5.42. The van der Waals surface area contributed by atoms with Crippen LogP contribution in [-0.2, 0) is 6.42 Å². The fraction of sp³-hybridized carbons (Fsp3) is 0.444. The first-order valence-electron chi connectivity index (χ1n) is 7.77. The molecule has 1 heterocycles. The molecule has 0 aliphatic rings. The van der Waals surface area contributed by atoms with Crippen LogP contribution in [0.4, 0.5) is 0 Å². The van der Waals surface area contributed by atoms with Crippen LogP contribution in [0.25, 0.3) is 0 Å². The van der Waals surface area contributed by atoms with Gasteiger partial charge in [-0.1, -0.05) is 13.8 Å². The number of nitrogens with zero attached hydrogens (tertiary/aromatic N) is 2. The standard InChI is InChI=1S/C18H24N2O3/c1-12(2)10-17-13(3)19-20(14(17)4)18(21)11-23-16-8-6-15(22-5)7-9-16/h6-9,12H,10-11H2,1-5H3. The maximum absolute atomic E-state index is 12.4. The second kappa shape index (κ2) is 7.31. The highest BCUT2D eigenvalue weighted by Gasteiger charge is 2.17. The molecule has 0 bridgehead atoms. The number of hydrogen-bond donors (Lipinski definition) is 0. The Bertz CT molecular complexity index is 672. The molecule has 0 aliphatic heterocycles. The van der Waals surface area contributed by atoms with Crippen molar-refractivity contribution in [3.05, 3.63) is 41.2 Å². The molecule has 2 aromatic rings. The number of hydrogen-bond acceptors (Lipinski definition) is 4. The topological polar surface area (TPSA) is 53.4 Å². The Morgan fingerprint density at radius 2 is 1.78 bits per heavy atom. The van der Waals surface area contributed by atoms with Crippen LogP contribution in [0.3, 0.4) is 0 Å². The van der Waals surface area contributed by atoms with Crippen molar-refractivity contribution >= 4 is 5.91 Å². The zero-order valence-corrected chi connectivity index (χ0v) is 14.4. The highest BCUT2D eigenvalue weighted by atomic mass is 16.5. The van der Waals surface area contributed by atoms with Gasteiger partial charge in [-0.15, -0.1) is 0 Å². The molecular formula is C18H24N2O3. The smallest absolute Gasteiger partial charge is 0.284 e. The molecule has 0 unspecified atom stereocenters. The van der Waals surface area contributed by atoms with E-state index in [2.05, 4.69) is 18.9 Å². The van der Waals surface area contributed by atoms with E-state index in [9.17, 15) is 4.79 Å². The van der Waals surface area contributed by atoms with E-state index in [0.717, 1.165) is 29.1 Å². The third-order valence-electron chi connectivity index (χ3n) is 3.71. The number of methoxy groups -OCH3 is 1. The van der Waals surface area contributed by atoms with E-state index < -0.39 is 0 Å². The summed E-state index contributed by atoms with van der Waals surface area (Å²) < 4.78 is 12.1. The average Bonchev–Trinajstić information content (AvgIpc) is 2.81. The predicted octanol–water partition coefficient (Wildman–Crippen LogP) is 3.43. The largest absolute Gasteiger partial charge is 0.497 e. The Morgan fingerprint density at radius 3 is 2.35 bits per heavy atom. The van der Waals surface area contributed by atoms with Crippen LogP contribution in [0.15, 0.2) is 24.3 Å². The van der Waals surface area contributed by atoms with Gasteiger partial charge in [0.05, 0.1) is 12.8 Å². The van der Waals surface area contributed by atoms with Crippen LogP contribution >= 0.6 is 0 Å². The van der Waals surface area contributed by atoms with E-state index >= 15 is 0 Å². The van der Waals surface area contributed by atoms with Gasteiger partial charge in [-0.25, -0.2) is 4.68 Å². The molecule has 0 spiro atoms. The molecule has 124 valence electrons. The zero-order valence-electron chi connectivity index (χ0n) is 14.4. The van der Waals surface area contributed by atoms with Crippen LogP contribution in [0.1, 0.15) is 35.6 Å². The third kappa shape index (κ3) is 4.12. The lowest BCUT2D eigenvalue weighted by Crippen LogP contribution is -2.21. The van der Waals surface area contributed by atoms with Crippen LogP contribution < -0.4 is 9.47 Å². The van der Waals surface area contributed by atoms with Gasteiger partial charge in [0.15, 0.2) is 6.61 Å². The van der Waals surface area contributed by atoms with Gasteiger partial charge in [0.25, 0.3) is 5.91 Å². The van der Waals surface area contributed by atoms with Crippen molar-refractivity contribution in [2.45, 2.75) is 34.1 Å². The van der Waals surface area contributed by atoms with Gasteiger partial charge in [0, 0.05) is 5.69 Å². The molecule has 0 atom stereocenters. The summed E-state index contributed by atoms with van der Waals surface area (Å²) in [4.78, 5) is 12.4. The summed E-state index contributed by atoms with van der Waals surface area (Å²) in [6.07, 6.45) is 0.921. The van der Waals surface area contributed by atoms with Crippen molar-refractivity contribution < 1.29 is 14.3 Å². The Labute approximate surface area is 137 Å². The van der Waals surface area contributed by atoms with Crippen molar-refractivity contribution in [3.63, 3.8) is 0 Å². The molecular weight excluding hydrogens is 292 g/mol. The first kappa shape index (κ1) is 17.1. The molecule has 0 saturated heterocycles. The first-order valence-corrected chi connectivity index (χ1v) is 7.77. The molecule has 23 heavy (non-hydrogen) atoms. The number of ether oxygens (including phenoxy) is 2. The quantitative estimate of drug-likeness (QED) is 0.819. The second-order valence-corrected chi connectivity index (χ2v) is 6.02.